The Morgan fingerprint density at radius 2 is 2.38 bits per heavy atom. The number of carbonyl (C=O) groups excluding carboxylic acids is 1. The molecule has 1 aliphatic rings. The highest BCUT2D eigenvalue weighted by Gasteiger charge is 2.22. The maximum atomic E-state index is 11.9. The van der Waals surface area contributed by atoms with Crippen molar-refractivity contribution in [3.05, 3.63) is 0 Å². The third-order valence-electron chi connectivity index (χ3n) is 3.19. The number of nitrogens with zero attached hydrogens (tertiary/aromatic N) is 1. The number of nitrogens with two attached hydrogens (primary N) is 1. The molecule has 1 saturated heterocycles. The largest absolute Gasteiger partial charge is 0.385 e. The third-order valence-corrected chi connectivity index (χ3v) is 3.19. The molecule has 1 rings (SSSR count). The second-order valence-corrected chi connectivity index (χ2v) is 4.52. The second-order valence-electron chi connectivity index (χ2n) is 4.52. The Balaban J connectivity index is 2.26. The molecular formula is C12H24N2O2. The van der Waals surface area contributed by atoms with E-state index in [1.165, 1.54) is 6.42 Å². The maximum absolute atomic E-state index is 11.9. The normalized spacial score (nSPS) is 21.1. The van der Waals surface area contributed by atoms with E-state index in [1.54, 1.807) is 7.11 Å². The Labute approximate surface area is 98.1 Å². The quantitative estimate of drug-likeness (QED) is 0.690. The van der Waals surface area contributed by atoms with E-state index in [1.807, 2.05) is 4.90 Å². The van der Waals surface area contributed by atoms with Crippen molar-refractivity contribution in [1.82, 2.24) is 4.90 Å². The van der Waals surface area contributed by atoms with Crippen LogP contribution in [0.25, 0.3) is 0 Å². The van der Waals surface area contributed by atoms with E-state index in [-0.39, 0.29) is 5.91 Å². The average molecular weight is 228 g/mol. The summed E-state index contributed by atoms with van der Waals surface area (Å²) in [5.74, 6) is 0.892. The number of piperidine rings is 1. The van der Waals surface area contributed by atoms with Crippen LogP contribution in [0.4, 0.5) is 0 Å². The average Bonchev–Trinajstić information content (AvgIpc) is 2.30. The van der Waals surface area contributed by atoms with Gasteiger partial charge in [0, 0.05) is 33.2 Å². The number of methoxy groups -OCH3 is 1. The van der Waals surface area contributed by atoms with Gasteiger partial charge in [-0.05, 0) is 38.1 Å². The van der Waals surface area contributed by atoms with Crippen molar-refractivity contribution in [2.45, 2.75) is 32.1 Å². The zero-order valence-electron chi connectivity index (χ0n) is 10.3. The van der Waals surface area contributed by atoms with Gasteiger partial charge in [-0.2, -0.15) is 0 Å². The zero-order valence-corrected chi connectivity index (χ0v) is 10.3. The van der Waals surface area contributed by atoms with Crippen molar-refractivity contribution in [3.63, 3.8) is 0 Å². The maximum Gasteiger partial charge on any atom is 0.222 e. The first-order valence-corrected chi connectivity index (χ1v) is 6.24. The van der Waals surface area contributed by atoms with Crippen molar-refractivity contribution >= 4 is 5.91 Å². The standard InChI is InChI=1S/C12H24N2O2/c1-16-9-3-5-12(15)14-8-2-4-11(10-14)6-7-13/h11H,2-10,13H2,1H3. The molecule has 1 unspecified atom stereocenters. The van der Waals surface area contributed by atoms with Crippen LogP contribution in [0.15, 0.2) is 0 Å². The first-order chi connectivity index (χ1) is 7.77. The van der Waals surface area contributed by atoms with Crippen molar-refractivity contribution in [3.8, 4) is 0 Å². The minimum absolute atomic E-state index is 0.277. The van der Waals surface area contributed by atoms with E-state index < -0.39 is 0 Å². The van der Waals surface area contributed by atoms with E-state index in [2.05, 4.69) is 0 Å². The van der Waals surface area contributed by atoms with E-state index in [0.29, 0.717) is 18.9 Å². The highest BCUT2D eigenvalue weighted by atomic mass is 16.5. The monoisotopic (exact) mass is 228 g/mol. The van der Waals surface area contributed by atoms with Gasteiger partial charge in [0.1, 0.15) is 0 Å². The molecule has 4 heteroatoms. The molecule has 0 spiro atoms. The van der Waals surface area contributed by atoms with Crippen molar-refractivity contribution in [2.75, 3.05) is 33.4 Å². The lowest BCUT2D eigenvalue weighted by Gasteiger charge is -2.32. The molecular weight excluding hydrogens is 204 g/mol. The van der Waals surface area contributed by atoms with Crippen LogP contribution in [-0.2, 0) is 9.53 Å². The predicted molar refractivity (Wildman–Crippen MR) is 64.1 cm³/mol. The molecule has 4 nitrogen and oxygen atoms in total. The number of likely N-dealkylation sites (tertiary alicyclic amines) is 1. The number of carbonyl (C=O) groups is 1. The molecule has 2 N–H and O–H groups in total. The zero-order chi connectivity index (χ0) is 11.8. The van der Waals surface area contributed by atoms with Crippen LogP contribution in [0.1, 0.15) is 32.1 Å². The molecule has 0 aliphatic carbocycles. The van der Waals surface area contributed by atoms with Crippen molar-refractivity contribution in [1.29, 1.82) is 0 Å². The molecule has 1 aliphatic heterocycles. The Morgan fingerprint density at radius 1 is 1.56 bits per heavy atom. The van der Waals surface area contributed by atoms with E-state index in [9.17, 15) is 4.79 Å². The lowest BCUT2D eigenvalue weighted by molar-refractivity contribution is -0.133. The van der Waals surface area contributed by atoms with Crippen LogP contribution >= 0.6 is 0 Å². The summed E-state index contributed by atoms with van der Waals surface area (Å²) in [4.78, 5) is 13.9. The van der Waals surface area contributed by atoms with Gasteiger partial charge >= 0.3 is 0 Å². The molecule has 1 fully saturated rings. The van der Waals surface area contributed by atoms with Crippen LogP contribution in [-0.4, -0.2) is 44.2 Å². The second kappa shape index (κ2) is 7.63. The lowest BCUT2D eigenvalue weighted by atomic mass is 9.94. The van der Waals surface area contributed by atoms with E-state index in [0.717, 1.165) is 38.9 Å². The van der Waals surface area contributed by atoms with Gasteiger partial charge in [-0.1, -0.05) is 0 Å². The first-order valence-electron chi connectivity index (χ1n) is 6.24. The minimum Gasteiger partial charge on any atom is -0.385 e. The van der Waals surface area contributed by atoms with Gasteiger partial charge in [-0.3, -0.25) is 4.79 Å². The summed E-state index contributed by atoms with van der Waals surface area (Å²) in [5, 5.41) is 0. The third kappa shape index (κ3) is 4.49. The molecule has 1 heterocycles. The molecule has 1 atom stereocenters. The number of amides is 1. The number of rotatable bonds is 6. The molecule has 0 bridgehead atoms. The molecule has 0 aromatic heterocycles. The van der Waals surface area contributed by atoms with Crippen molar-refractivity contribution in [2.24, 2.45) is 11.7 Å². The van der Waals surface area contributed by atoms with Gasteiger partial charge in [0.2, 0.25) is 5.91 Å². The SMILES string of the molecule is COCCCC(=O)N1CCCC(CCN)C1. The van der Waals surface area contributed by atoms with Crippen LogP contribution < -0.4 is 5.73 Å². The van der Waals surface area contributed by atoms with Gasteiger partial charge in [-0.25, -0.2) is 0 Å². The molecule has 16 heavy (non-hydrogen) atoms. The number of ether oxygens (including phenoxy) is 1. The topological polar surface area (TPSA) is 55.6 Å². The van der Waals surface area contributed by atoms with Crippen LogP contribution in [0.3, 0.4) is 0 Å². The summed E-state index contributed by atoms with van der Waals surface area (Å²) >= 11 is 0. The molecule has 94 valence electrons. The van der Waals surface area contributed by atoms with Gasteiger partial charge in [0.25, 0.3) is 0 Å². The molecule has 1 amide bonds. The summed E-state index contributed by atoms with van der Waals surface area (Å²) in [5.41, 5.74) is 5.56. The first kappa shape index (κ1) is 13.5. The molecule has 0 radical (unpaired) electrons. The Kier molecular flexibility index (Phi) is 6.42. The van der Waals surface area contributed by atoms with Gasteiger partial charge in [-0.15, -0.1) is 0 Å². The summed E-state index contributed by atoms with van der Waals surface area (Å²) < 4.78 is 4.95. The molecule has 0 aromatic carbocycles. The smallest absolute Gasteiger partial charge is 0.222 e. The highest BCUT2D eigenvalue weighted by molar-refractivity contribution is 5.76. The Hall–Kier alpha value is -0.610. The fourth-order valence-corrected chi connectivity index (χ4v) is 2.29. The number of hydrogen-bond donors (Lipinski definition) is 1. The Bertz CT molecular complexity index is 207. The number of hydrogen-bond acceptors (Lipinski definition) is 3. The lowest BCUT2D eigenvalue weighted by Crippen LogP contribution is -2.40. The van der Waals surface area contributed by atoms with Crippen molar-refractivity contribution < 1.29 is 9.53 Å². The highest BCUT2D eigenvalue weighted by Crippen LogP contribution is 2.19. The summed E-state index contributed by atoms with van der Waals surface area (Å²) in [6.45, 7) is 3.23. The van der Waals surface area contributed by atoms with Gasteiger partial charge < -0.3 is 15.4 Å². The van der Waals surface area contributed by atoms with Gasteiger partial charge in [0.15, 0.2) is 0 Å². The summed E-state index contributed by atoms with van der Waals surface area (Å²) in [7, 11) is 1.67. The van der Waals surface area contributed by atoms with E-state index in [4.69, 9.17) is 10.5 Å². The predicted octanol–water partition coefficient (Wildman–Crippen LogP) is 1.00. The Morgan fingerprint density at radius 3 is 3.06 bits per heavy atom. The summed E-state index contributed by atoms with van der Waals surface area (Å²) in [6.07, 6.45) is 4.83. The molecule has 0 aromatic rings. The van der Waals surface area contributed by atoms with Crippen LogP contribution in [0.5, 0.6) is 0 Å². The fraction of sp³-hybridized carbons (Fsp3) is 0.917. The van der Waals surface area contributed by atoms with Gasteiger partial charge in [0.05, 0.1) is 0 Å². The van der Waals surface area contributed by atoms with E-state index >= 15 is 0 Å². The fourth-order valence-electron chi connectivity index (χ4n) is 2.29. The molecule has 0 saturated carbocycles. The minimum atomic E-state index is 0.277. The van der Waals surface area contributed by atoms with Crippen LogP contribution in [0.2, 0.25) is 0 Å². The van der Waals surface area contributed by atoms with Crippen LogP contribution in [0, 0.1) is 5.92 Å². The summed E-state index contributed by atoms with van der Waals surface area (Å²) in [6, 6.07) is 0.